The number of nitrogens with zero attached hydrogens (tertiary/aromatic N) is 1. The lowest BCUT2D eigenvalue weighted by Gasteiger charge is -2.56. The van der Waals surface area contributed by atoms with Gasteiger partial charge >= 0.3 is 0 Å². The molecule has 4 aliphatic carbocycles. The minimum atomic E-state index is -0.627. The van der Waals surface area contributed by atoms with Crippen molar-refractivity contribution in [2.75, 3.05) is 13.1 Å². The maximum absolute atomic E-state index is 13.2. The summed E-state index contributed by atoms with van der Waals surface area (Å²) in [6.07, 6.45) is 8.49. The number of likely N-dealkylation sites (tertiary alicyclic amines) is 1. The summed E-state index contributed by atoms with van der Waals surface area (Å²) in [6.45, 7) is 1.01. The second kappa shape index (κ2) is 7.06. The van der Waals surface area contributed by atoms with Crippen molar-refractivity contribution in [1.82, 2.24) is 10.2 Å². The highest BCUT2D eigenvalue weighted by atomic mass is 16.3. The first-order valence-electron chi connectivity index (χ1n) is 11.2. The quantitative estimate of drug-likeness (QED) is 0.569. The Kier molecular flexibility index (Phi) is 4.60. The second-order valence-corrected chi connectivity index (χ2v) is 10.1. The molecule has 2 amide bonds. The predicted octanol–water partition coefficient (Wildman–Crippen LogP) is 2.74. The zero-order valence-electron chi connectivity index (χ0n) is 17.1. The minimum absolute atomic E-state index is 0.0798. The van der Waals surface area contributed by atoms with Crippen molar-refractivity contribution in [1.29, 1.82) is 0 Å². The van der Waals surface area contributed by atoms with Gasteiger partial charge in [0.2, 0.25) is 5.91 Å². The molecular weight excluding hydrogens is 384 g/mol. The van der Waals surface area contributed by atoms with Crippen LogP contribution >= 0.6 is 0 Å². The van der Waals surface area contributed by atoms with Crippen LogP contribution in [-0.4, -0.2) is 51.2 Å². The van der Waals surface area contributed by atoms with Crippen LogP contribution in [0.4, 0.5) is 0 Å². The fourth-order valence-electron chi connectivity index (χ4n) is 6.86. The van der Waals surface area contributed by atoms with Gasteiger partial charge < -0.3 is 25.5 Å². The third kappa shape index (κ3) is 3.28. The van der Waals surface area contributed by atoms with E-state index in [1.165, 1.54) is 19.3 Å². The van der Waals surface area contributed by atoms with Gasteiger partial charge in [-0.1, -0.05) is 0 Å². The molecule has 4 N–H and O–H groups in total. The number of carbonyl (C=O) groups is 2. The molecule has 1 heterocycles. The third-order valence-electron chi connectivity index (χ3n) is 7.95. The Bertz CT molecular complexity index is 816. The topological polar surface area (TPSA) is 110 Å². The summed E-state index contributed by atoms with van der Waals surface area (Å²) in [4.78, 5) is 27.6. The normalized spacial score (nSPS) is 32.9. The van der Waals surface area contributed by atoms with Crippen LogP contribution in [0.25, 0.3) is 0 Å². The Morgan fingerprint density at radius 2 is 1.40 bits per heavy atom. The molecule has 0 aromatic heterocycles. The van der Waals surface area contributed by atoms with Crippen LogP contribution in [0.5, 0.6) is 17.2 Å². The average Bonchev–Trinajstić information content (AvgIpc) is 2.70. The number of nitrogens with one attached hydrogen (secondary N) is 1. The molecule has 1 saturated heterocycles. The van der Waals surface area contributed by atoms with Crippen LogP contribution in [-0.2, 0) is 4.79 Å². The monoisotopic (exact) mass is 414 g/mol. The number of phenols is 3. The van der Waals surface area contributed by atoms with Crippen LogP contribution in [0, 0.1) is 23.2 Å². The maximum Gasteiger partial charge on any atom is 0.254 e. The van der Waals surface area contributed by atoms with Gasteiger partial charge in [0, 0.05) is 30.1 Å². The van der Waals surface area contributed by atoms with E-state index in [4.69, 9.17) is 0 Å². The Morgan fingerprint density at radius 1 is 0.900 bits per heavy atom. The van der Waals surface area contributed by atoms with Crippen molar-refractivity contribution in [2.24, 2.45) is 23.2 Å². The molecule has 4 saturated carbocycles. The largest absolute Gasteiger partial charge is 0.504 e. The highest BCUT2D eigenvalue weighted by Gasteiger charge is 2.54. The lowest BCUT2D eigenvalue weighted by molar-refractivity contribution is -0.147. The molecule has 4 bridgehead atoms. The molecule has 5 fully saturated rings. The SMILES string of the molecule is O=C(c1cc(O)c(O)c(O)c1)N1CCC(NC(=O)C23CC4CC(CC(C4)C2)C3)CC1. The molecule has 1 aromatic carbocycles. The molecule has 1 aliphatic heterocycles. The number of piperidine rings is 1. The second-order valence-electron chi connectivity index (χ2n) is 10.1. The van der Waals surface area contributed by atoms with Gasteiger partial charge in [-0.25, -0.2) is 0 Å². The maximum atomic E-state index is 13.2. The summed E-state index contributed by atoms with van der Waals surface area (Å²) in [5, 5.41) is 32.1. The van der Waals surface area contributed by atoms with Crippen LogP contribution in [0.3, 0.4) is 0 Å². The number of carbonyl (C=O) groups excluding carboxylic acids is 2. The van der Waals surface area contributed by atoms with E-state index >= 15 is 0 Å². The molecule has 7 nitrogen and oxygen atoms in total. The number of hydrogen-bond acceptors (Lipinski definition) is 5. The summed E-state index contributed by atoms with van der Waals surface area (Å²) in [5.74, 6) is 0.481. The number of aromatic hydroxyl groups is 3. The van der Waals surface area contributed by atoms with Gasteiger partial charge in [0.25, 0.3) is 5.91 Å². The summed E-state index contributed by atoms with van der Waals surface area (Å²) in [7, 11) is 0. The fraction of sp³-hybridized carbons (Fsp3) is 0.652. The van der Waals surface area contributed by atoms with Crippen LogP contribution in [0.2, 0.25) is 0 Å². The smallest absolute Gasteiger partial charge is 0.254 e. The molecule has 0 radical (unpaired) electrons. The summed E-state index contributed by atoms with van der Waals surface area (Å²) in [6, 6.07) is 2.41. The van der Waals surface area contributed by atoms with Gasteiger partial charge in [0.05, 0.1) is 0 Å². The molecule has 30 heavy (non-hydrogen) atoms. The van der Waals surface area contributed by atoms with Crippen LogP contribution < -0.4 is 5.32 Å². The Morgan fingerprint density at radius 3 is 1.90 bits per heavy atom. The average molecular weight is 415 g/mol. The molecule has 0 atom stereocenters. The van der Waals surface area contributed by atoms with Crippen molar-refractivity contribution in [2.45, 2.75) is 57.4 Å². The number of phenolic OH excluding ortho intramolecular Hbond substituents is 3. The van der Waals surface area contributed by atoms with Crippen molar-refractivity contribution in [3.8, 4) is 17.2 Å². The van der Waals surface area contributed by atoms with E-state index in [1.807, 2.05) is 0 Å². The van der Waals surface area contributed by atoms with Crippen molar-refractivity contribution in [3.63, 3.8) is 0 Å². The van der Waals surface area contributed by atoms with Crippen molar-refractivity contribution < 1.29 is 24.9 Å². The fourth-order valence-corrected chi connectivity index (χ4v) is 6.86. The van der Waals surface area contributed by atoms with Gasteiger partial charge in [-0.15, -0.1) is 0 Å². The Balaban J connectivity index is 1.19. The van der Waals surface area contributed by atoms with E-state index in [0.29, 0.717) is 25.9 Å². The first-order valence-corrected chi connectivity index (χ1v) is 11.2. The lowest BCUT2D eigenvalue weighted by atomic mass is 9.49. The number of benzene rings is 1. The number of rotatable bonds is 3. The highest BCUT2D eigenvalue weighted by molar-refractivity contribution is 5.95. The van der Waals surface area contributed by atoms with Crippen molar-refractivity contribution >= 4 is 11.8 Å². The van der Waals surface area contributed by atoms with Gasteiger partial charge in [-0.3, -0.25) is 9.59 Å². The lowest BCUT2D eigenvalue weighted by Crippen LogP contribution is -2.56. The van der Waals surface area contributed by atoms with E-state index in [-0.39, 0.29) is 28.8 Å². The standard InChI is InChI=1S/C23H30N2O5/c26-18-8-16(9-19(27)20(18)28)21(29)25-3-1-17(2-4-25)24-22(30)23-10-13-5-14(11-23)7-15(6-13)12-23/h8-9,13-15,17,26-28H,1-7,10-12H2,(H,24,30). The minimum Gasteiger partial charge on any atom is -0.504 e. The summed E-state index contributed by atoms with van der Waals surface area (Å²) >= 11 is 0. The Hall–Kier alpha value is -2.44. The molecular formula is C23H30N2O5. The third-order valence-corrected chi connectivity index (χ3v) is 7.95. The van der Waals surface area contributed by atoms with E-state index in [2.05, 4.69) is 5.32 Å². The molecule has 5 aliphatic rings. The van der Waals surface area contributed by atoms with E-state index in [1.54, 1.807) is 4.90 Å². The highest BCUT2D eigenvalue weighted by Crippen LogP contribution is 2.60. The first kappa shape index (κ1) is 19.5. The molecule has 162 valence electrons. The molecule has 1 aromatic rings. The van der Waals surface area contributed by atoms with Gasteiger partial charge in [-0.2, -0.15) is 0 Å². The van der Waals surface area contributed by atoms with Crippen LogP contribution in [0.1, 0.15) is 61.7 Å². The molecule has 7 heteroatoms. The van der Waals surface area contributed by atoms with Crippen LogP contribution in [0.15, 0.2) is 12.1 Å². The summed E-state index contributed by atoms with van der Waals surface area (Å²) < 4.78 is 0. The zero-order valence-corrected chi connectivity index (χ0v) is 17.1. The predicted molar refractivity (Wildman–Crippen MR) is 109 cm³/mol. The Labute approximate surface area is 176 Å². The molecule has 0 spiro atoms. The van der Waals surface area contributed by atoms with E-state index < -0.39 is 17.2 Å². The van der Waals surface area contributed by atoms with Crippen molar-refractivity contribution in [3.05, 3.63) is 17.7 Å². The number of hydrogen-bond donors (Lipinski definition) is 4. The number of amides is 2. The summed E-state index contributed by atoms with van der Waals surface area (Å²) in [5.41, 5.74) is -0.0122. The zero-order chi connectivity index (χ0) is 21.0. The molecule has 0 unspecified atom stereocenters. The van der Waals surface area contributed by atoms with E-state index in [0.717, 1.165) is 49.1 Å². The molecule has 6 rings (SSSR count). The van der Waals surface area contributed by atoms with Gasteiger partial charge in [-0.05, 0) is 81.3 Å². The van der Waals surface area contributed by atoms with Gasteiger partial charge in [0.15, 0.2) is 17.2 Å². The van der Waals surface area contributed by atoms with Gasteiger partial charge in [0.1, 0.15) is 0 Å². The first-order chi connectivity index (χ1) is 14.3. The van der Waals surface area contributed by atoms with E-state index in [9.17, 15) is 24.9 Å².